The molecule has 0 amide bonds. The van der Waals surface area contributed by atoms with E-state index >= 15 is 0 Å². The van der Waals surface area contributed by atoms with E-state index in [0.29, 0.717) is 17.9 Å². The Morgan fingerprint density at radius 2 is 2.40 bits per heavy atom. The SMILES string of the molecule is OCC1CNCC12COC2. The van der Waals surface area contributed by atoms with E-state index in [9.17, 15) is 0 Å². The number of aliphatic hydroxyl groups excluding tert-OH is 1. The fourth-order valence-electron chi connectivity index (χ4n) is 1.82. The summed E-state index contributed by atoms with van der Waals surface area (Å²) in [5.74, 6) is 0.432. The fourth-order valence-corrected chi connectivity index (χ4v) is 1.82. The van der Waals surface area contributed by atoms with Crippen molar-refractivity contribution in [3.63, 3.8) is 0 Å². The van der Waals surface area contributed by atoms with Gasteiger partial charge in [-0.15, -0.1) is 0 Å². The summed E-state index contributed by atoms with van der Waals surface area (Å²) >= 11 is 0. The standard InChI is InChI=1S/C7H13NO2/c9-2-6-1-8-3-7(6)4-10-5-7/h6,8-9H,1-5H2. The van der Waals surface area contributed by atoms with Gasteiger partial charge in [-0.2, -0.15) is 0 Å². The molecule has 0 aromatic rings. The first-order valence-electron chi connectivity index (χ1n) is 3.77. The Hall–Kier alpha value is -0.120. The molecule has 0 aromatic heterocycles. The van der Waals surface area contributed by atoms with Crippen LogP contribution in [0.5, 0.6) is 0 Å². The first-order valence-corrected chi connectivity index (χ1v) is 3.77. The van der Waals surface area contributed by atoms with Crippen molar-refractivity contribution in [1.29, 1.82) is 0 Å². The van der Waals surface area contributed by atoms with Crippen molar-refractivity contribution in [2.24, 2.45) is 11.3 Å². The maximum absolute atomic E-state index is 8.97. The molecule has 1 unspecified atom stereocenters. The zero-order chi connectivity index (χ0) is 7.03. The Bertz CT molecular complexity index is 134. The Labute approximate surface area is 60.4 Å². The molecule has 3 nitrogen and oxygen atoms in total. The van der Waals surface area contributed by atoms with Crippen molar-refractivity contribution in [2.75, 3.05) is 32.9 Å². The quantitative estimate of drug-likeness (QED) is 0.505. The summed E-state index contributed by atoms with van der Waals surface area (Å²) < 4.78 is 5.14. The molecule has 10 heavy (non-hydrogen) atoms. The molecular formula is C7H13NO2. The Kier molecular flexibility index (Phi) is 1.44. The highest BCUT2D eigenvalue weighted by Crippen LogP contribution is 2.38. The highest BCUT2D eigenvalue weighted by Gasteiger charge is 2.48. The van der Waals surface area contributed by atoms with Crippen molar-refractivity contribution in [2.45, 2.75) is 0 Å². The van der Waals surface area contributed by atoms with Crippen molar-refractivity contribution in [3.8, 4) is 0 Å². The van der Waals surface area contributed by atoms with Gasteiger partial charge in [0.25, 0.3) is 0 Å². The second kappa shape index (κ2) is 2.19. The van der Waals surface area contributed by atoms with Gasteiger partial charge in [0.2, 0.25) is 0 Å². The zero-order valence-corrected chi connectivity index (χ0v) is 5.97. The van der Waals surface area contributed by atoms with E-state index in [-0.39, 0.29) is 0 Å². The minimum absolute atomic E-state index is 0.300. The van der Waals surface area contributed by atoms with Crippen molar-refractivity contribution in [3.05, 3.63) is 0 Å². The number of rotatable bonds is 1. The van der Waals surface area contributed by atoms with Crippen LogP contribution < -0.4 is 5.32 Å². The van der Waals surface area contributed by atoms with Crippen LogP contribution in [0.3, 0.4) is 0 Å². The lowest BCUT2D eigenvalue weighted by Crippen LogP contribution is -2.49. The molecule has 58 valence electrons. The Morgan fingerprint density at radius 1 is 1.60 bits per heavy atom. The van der Waals surface area contributed by atoms with E-state index in [4.69, 9.17) is 9.84 Å². The molecule has 0 saturated carbocycles. The molecule has 2 heterocycles. The van der Waals surface area contributed by atoms with Crippen molar-refractivity contribution in [1.82, 2.24) is 5.32 Å². The molecule has 0 radical (unpaired) electrons. The number of hydrogen-bond acceptors (Lipinski definition) is 3. The van der Waals surface area contributed by atoms with Crippen LogP contribution in [0.25, 0.3) is 0 Å². The summed E-state index contributed by atoms with van der Waals surface area (Å²) in [6, 6.07) is 0. The minimum atomic E-state index is 0.300. The summed E-state index contributed by atoms with van der Waals surface area (Å²) in [6.07, 6.45) is 0. The third kappa shape index (κ3) is 0.713. The number of ether oxygens (including phenoxy) is 1. The Morgan fingerprint density at radius 3 is 2.80 bits per heavy atom. The fraction of sp³-hybridized carbons (Fsp3) is 1.00. The first-order chi connectivity index (χ1) is 4.87. The maximum atomic E-state index is 8.97. The highest BCUT2D eigenvalue weighted by atomic mass is 16.5. The van der Waals surface area contributed by atoms with Gasteiger partial charge in [0, 0.05) is 31.0 Å². The van der Waals surface area contributed by atoms with Gasteiger partial charge in [0.15, 0.2) is 0 Å². The van der Waals surface area contributed by atoms with E-state index in [1.165, 1.54) is 0 Å². The van der Waals surface area contributed by atoms with Gasteiger partial charge >= 0.3 is 0 Å². The molecule has 0 aromatic carbocycles. The summed E-state index contributed by atoms with van der Waals surface area (Å²) in [6.45, 7) is 3.96. The van der Waals surface area contributed by atoms with Gasteiger partial charge in [0.1, 0.15) is 0 Å². The van der Waals surface area contributed by atoms with Gasteiger partial charge in [0.05, 0.1) is 13.2 Å². The molecule has 2 N–H and O–H groups in total. The third-order valence-corrected chi connectivity index (χ3v) is 2.73. The van der Waals surface area contributed by atoms with Gasteiger partial charge in [-0.25, -0.2) is 0 Å². The topological polar surface area (TPSA) is 41.5 Å². The molecule has 3 heteroatoms. The smallest absolute Gasteiger partial charge is 0.0561 e. The largest absolute Gasteiger partial charge is 0.396 e. The van der Waals surface area contributed by atoms with E-state index in [1.807, 2.05) is 0 Å². The molecule has 2 saturated heterocycles. The van der Waals surface area contributed by atoms with E-state index in [0.717, 1.165) is 26.3 Å². The molecule has 1 atom stereocenters. The summed E-state index contributed by atoms with van der Waals surface area (Å²) in [5, 5.41) is 12.2. The molecular weight excluding hydrogens is 130 g/mol. The normalized spacial score (nSPS) is 36.3. The number of nitrogens with one attached hydrogen (secondary N) is 1. The molecule has 0 bridgehead atoms. The lowest BCUT2D eigenvalue weighted by atomic mass is 9.77. The average molecular weight is 143 g/mol. The van der Waals surface area contributed by atoms with Crippen LogP contribution in [-0.2, 0) is 4.74 Å². The minimum Gasteiger partial charge on any atom is -0.396 e. The molecule has 0 aliphatic carbocycles. The van der Waals surface area contributed by atoms with Crippen LogP contribution in [-0.4, -0.2) is 38.0 Å². The van der Waals surface area contributed by atoms with E-state index < -0.39 is 0 Å². The number of hydrogen-bond donors (Lipinski definition) is 2. The van der Waals surface area contributed by atoms with Crippen LogP contribution in [0.2, 0.25) is 0 Å². The zero-order valence-electron chi connectivity index (χ0n) is 5.97. The van der Waals surface area contributed by atoms with E-state index in [1.54, 1.807) is 0 Å². The maximum Gasteiger partial charge on any atom is 0.0561 e. The van der Waals surface area contributed by atoms with Crippen LogP contribution in [0, 0.1) is 11.3 Å². The highest BCUT2D eigenvalue weighted by molar-refractivity contribution is 4.98. The number of aliphatic hydroxyl groups is 1. The second-order valence-corrected chi connectivity index (χ2v) is 3.37. The van der Waals surface area contributed by atoms with Gasteiger partial charge in [-0.1, -0.05) is 0 Å². The molecule has 2 fully saturated rings. The van der Waals surface area contributed by atoms with Crippen LogP contribution in [0.4, 0.5) is 0 Å². The first kappa shape index (κ1) is 6.58. The molecule has 2 aliphatic heterocycles. The molecule has 2 aliphatic rings. The summed E-state index contributed by atoms with van der Waals surface area (Å²) in [4.78, 5) is 0. The van der Waals surface area contributed by atoms with E-state index in [2.05, 4.69) is 5.32 Å². The average Bonchev–Trinajstić information content (AvgIpc) is 2.27. The van der Waals surface area contributed by atoms with Crippen LogP contribution in [0.1, 0.15) is 0 Å². The molecule has 2 rings (SSSR count). The predicted molar refractivity (Wildman–Crippen MR) is 36.7 cm³/mol. The predicted octanol–water partition coefficient (Wildman–Crippen LogP) is -0.785. The van der Waals surface area contributed by atoms with Crippen molar-refractivity contribution >= 4 is 0 Å². The molecule has 1 spiro atoms. The van der Waals surface area contributed by atoms with Gasteiger partial charge in [-0.3, -0.25) is 0 Å². The summed E-state index contributed by atoms with van der Waals surface area (Å²) in [7, 11) is 0. The monoisotopic (exact) mass is 143 g/mol. The lowest BCUT2D eigenvalue weighted by Gasteiger charge is -2.41. The lowest BCUT2D eigenvalue weighted by molar-refractivity contribution is -0.131. The van der Waals surface area contributed by atoms with Crippen molar-refractivity contribution < 1.29 is 9.84 Å². The van der Waals surface area contributed by atoms with Gasteiger partial charge < -0.3 is 15.2 Å². The van der Waals surface area contributed by atoms with Crippen LogP contribution >= 0.6 is 0 Å². The third-order valence-electron chi connectivity index (χ3n) is 2.73. The van der Waals surface area contributed by atoms with Crippen LogP contribution in [0.15, 0.2) is 0 Å². The Balaban J connectivity index is 2.05. The summed E-state index contributed by atoms with van der Waals surface area (Å²) in [5.41, 5.74) is 0.300. The second-order valence-electron chi connectivity index (χ2n) is 3.37. The van der Waals surface area contributed by atoms with Gasteiger partial charge in [-0.05, 0) is 0 Å².